The summed E-state index contributed by atoms with van der Waals surface area (Å²) in [6.45, 7) is 1.91. The Morgan fingerprint density at radius 2 is 1.76 bits per heavy atom. The molecular formula is C22H23N3O4. The lowest BCUT2D eigenvalue weighted by atomic mass is 10.1. The van der Waals surface area contributed by atoms with Gasteiger partial charge in [-0.05, 0) is 60.9 Å². The van der Waals surface area contributed by atoms with Crippen molar-refractivity contribution >= 4 is 11.6 Å². The van der Waals surface area contributed by atoms with Gasteiger partial charge in [-0.2, -0.15) is 0 Å². The molecule has 29 heavy (non-hydrogen) atoms. The van der Waals surface area contributed by atoms with Crippen LogP contribution in [0.3, 0.4) is 0 Å². The van der Waals surface area contributed by atoms with Crippen LogP contribution in [0.2, 0.25) is 0 Å². The summed E-state index contributed by atoms with van der Waals surface area (Å²) in [5.41, 5.74) is 2.63. The first-order chi connectivity index (χ1) is 14.1. The van der Waals surface area contributed by atoms with Gasteiger partial charge in [0.2, 0.25) is 5.91 Å². The monoisotopic (exact) mass is 393 g/mol. The Labute approximate surface area is 169 Å². The Morgan fingerprint density at radius 3 is 2.45 bits per heavy atom. The molecular weight excluding hydrogens is 370 g/mol. The zero-order valence-corrected chi connectivity index (χ0v) is 16.6. The minimum Gasteiger partial charge on any atom is -0.493 e. The van der Waals surface area contributed by atoms with Gasteiger partial charge < -0.3 is 19.5 Å². The van der Waals surface area contributed by atoms with Crippen molar-refractivity contribution in [3.05, 3.63) is 66.0 Å². The fourth-order valence-corrected chi connectivity index (χ4v) is 2.79. The third kappa shape index (κ3) is 5.44. The average molecular weight is 393 g/mol. The number of nitrogens with zero attached hydrogens (tertiary/aromatic N) is 2. The quantitative estimate of drug-likeness (QED) is 0.619. The first-order valence-corrected chi connectivity index (χ1v) is 9.15. The van der Waals surface area contributed by atoms with Crippen molar-refractivity contribution < 1.29 is 19.0 Å². The van der Waals surface area contributed by atoms with Crippen LogP contribution in [0.15, 0.2) is 54.9 Å². The van der Waals surface area contributed by atoms with E-state index in [1.54, 1.807) is 38.7 Å². The SMILES string of the molecule is COc1ccc(CCC(=O)Nc2ccc(Oc3ncccn3)cc2C)cc1OC. The fourth-order valence-electron chi connectivity index (χ4n) is 2.79. The van der Waals surface area contributed by atoms with Crippen molar-refractivity contribution in [3.8, 4) is 23.3 Å². The molecule has 150 valence electrons. The van der Waals surface area contributed by atoms with Crippen molar-refractivity contribution in [2.45, 2.75) is 19.8 Å². The number of benzene rings is 2. The van der Waals surface area contributed by atoms with Gasteiger partial charge in [0.15, 0.2) is 11.5 Å². The highest BCUT2D eigenvalue weighted by atomic mass is 16.5. The number of nitrogens with one attached hydrogen (secondary N) is 1. The van der Waals surface area contributed by atoms with Crippen LogP contribution in [-0.2, 0) is 11.2 Å². The number of carbonyl (C=O) groups is 1. The Bertz CT molecular complexity index is 977. The molecule has 0 aliphatic heterocycles. The van der Waals surface area contributed by atoms with Gasteiger partial charge >= 0.3 is 6.01 Å². The number of hydrogen-bond donors (Lipinski definition) is 1. The number of amides is 1. The zero-order chi connectivity index (χ0) is 20.6. The third-order valence-electron chi connectivity index (χ3n) is 4.31. The normalized spacial score (nSPS) is 10.3. The molecule has 0 unspecified atom stereocenters. The van der Waals surface area contributed by atoms with Crippen LogP contribution in [0.1, 0.15) is 17.5 Å². The summed E-state index contributed by atoms with van der Waals surface area (Å²) in [6.07, 6.45) is 4.17. The van der Waals surface area contributed by atoms with Crippen molar-refractivity contribution in [1.29, 1.82) is 0 Å². The van der Waals surface area contributed by atoms with E-state index in [-0.39, 0.29) is 11.9 Å². The molecule has 1 aromatic heterocycles. The lowest BCUT2D eigenvalue weighted by Crippen LogP contribution is -2.13. The van der Waals surface area contributed by atoms with Crippen LogP contribution in [-0.4, -0.2) is 30.1 Å². The van der Waals surface area contributed by atoms with E-state index >= 15 is 0 Å². The highest BCUT2D eigenvalue weighted by molar-refractivity contribution is 5.91. The van der Waals surface area contributed by atoms with Gasteiger partial charge in [0.25, 0.3) is 0 Å². The standard InChI is InChI=1S/C22H23N3O4/c1-15-13-17(29-22-23-11-4-12-24-22)7-8-18(15)25-21(26)10-6-16-5-9-19(27-2)20(14-16)28-3/h4-5,7-9,11-14H,6,10H2,1-3H3,(H,25,26). The average Bonchev–Trinajstić information content (AvgIpc) is 2.74. The molecule has 0 saturated carbocycles. The molecule has 0 aliphatic rings. The van der Waals surface area contributed by atoms with Crippen LogP contribution in [0.4, 0.5) is 5.69 Å². The number of ether oxygens (including phenoxy) is 3. The Balaban J connectivity index is 1.58. The van der Waals surface area contributed by atoms with Crippen LogP contribution < -0.4 is 19.5 Å². The molecule has 1 amide bonds. The molecule has 7 heteroatoms. The number of hydrogen-bond acceptors (Lipinski definition) is 6. The first kappa shape index (κ1) is 20.1. The first-order valence-electron chi connectivity index (χ1n) is 9.15. The molecule has 0 fully saturated rings. The maximum Gasteiger partial charge on any atom is 0.321 e. The minimum atomic E-state index is -0.0667. The summed E-state index contributed by atoms with van der Waals surface area (Å²) in [6, 6.07) is 13.1. The summed E-state index contributed by atoms with van der Waals surface area (Å²) >= 11 is 0. The van der Waals surface area contributed by atoms with Gasteiger partial charge in [-0.3, -0.25) is 4.79 Å². The maximum atomic E-state index is 12.4. The van der Waals surface area contributed by atoms with Gasteiger partial charge in [0.1, 0.15) is 5.75 Å². The molecule has 3 rings (SSSR count). The number of anilines is 1. The number of aromatic nitrogens is 2. The lowest BCUT2D eigenvalue weighted by Gasteiger charge is -2.11. The van der Waals surface area contributed by atoms with E-state index < -0.39 is 0 Å². The molecule has 0 spiro atoms. The molecule has 3 aromatic rings. The van der Waals surface area contributed by atoms with E-state index in [0.717, 1.165) is 16.8 Å². The van der Waals surface area contributed by atoms with Crippen molar-refractivity contribution in [1.82, 2.24) is 9.97 Å². The highest BCUT2D eigenvalue weighted by Crippen LogP contribution is 2.28. The van der Waals surface area contributed by atoms with Gasteiger partial charge in [-0.1, -0.05) is 6.07 Å². The highest BCUT2D eigenvalue weighted by Gasteiger charge is 2.09. The molecule has 0 saturated heterocycles. The summed E-state index contributed by atoms with van der Waals surface area (Å²) in [4.78, 5) is 20.4. The molecule has 1 N–H and O–H groups in total. The van der Waals surface area contributed by atoms with E-state index in [0.29, 0.717) is 30.1 Å². The molecule has 0 bridgehead atoms. The summed E-state index contributed by atoms with van der Waals surface area (Å²) in [7, 11) is 3.19. The number of rotatable bonds is 8. The number of methoxy groups -OCH3 is 2. The van der Waals surface area contributed by atoms with Crippen molar-refractivity contribution in [2.24, 2.45) is 0 Å². The van der Waals surface area contributed by atoms with Gasteiger partial charge in [-0.25, -0.2) is 9.97 Å². The van der Waals surface area contributed by atoms with Crippen molar-refractivity contribution in [3.63, 3.8) is 0 Å². The van der Waals surface area contributed by atoms with Crippen molar-refractivity contribution in [2.75, 3.05) is 19.5 Å². The Kier molecular flexibility index (Phi) is 6.63. The van der Waals surface area contributed by atoms with E-state index in [2.05, 4.69) is 15.3 Å². The molecule has 0 aliphatic carbocycles. The number of carbonyl (C=O) groups excluding carboxylic acids is 1. The second kappa shape index (κ2) is 9.54. The molecule has 2 aromatic carbocycles. The molecule has 0 atom stereocenters. The maximum absolute atomic E-state index is 12.4. The third-order valence-corrected chi connectivity index (χ3v) is 4.31. The smallest absolute Gasteiger partial charge is 0.321 e. The van der Waals surface area contributed by atoms with Crippen LogP contribution in [0.5, 0.6) is 23.3 Å². The predicted molar refractivity (Wildman–Crippen MR) is 110 cm³/mol. The summed E-state index contributed by atoms with van der Waals surface area (Å²) in [5.74, 6) is 1.86. The van der Waals surface area contributed by atoms with Gasteiger partial charge in [0, 0.05) is 24.5 Å². The summed E-state index contributed by atoms with van der Waals surface area (Å²) < 4.78 is 16.1. The summed E-state index contributed by atoms with van der Waals surface area (Å²) in [5, 5.41) is 2.94. The van der Waals surface area contributed by atoms with E-state index in [4.69, 9.17) is 14.2 Å². The van der Waals surface area contributed by atoms with Gasteiger partial charge in [0.05, 0.1) is 14.2 Å². The van der Waals surface area contributed by atoms with E-state index in [1.165, 1.54) is 0 Å². The fraction of sp³-hybridized carbons (Fsp3) is 0.227. The number of aryl methyl sites for hydroxylation is 2. The Hall–Kier alpha value is -3.61. The van der Waals surface area contributed by atoms with E-state index in [1.807, 2.05) is 37.3 Å². The Morgan fingerprint density at radius 1 is 1.00 bits per heavy atom. The molecule has 1 heterocycles. The lowest BCUT2D eigenvalue weighted by molar-refractivity contribution is -0.116. The van der Waals surface area contributed by atoms with Crippen LogP contribution in [0, 0.1) is 6.92 Å². The largest absolute Gasteiger partial charge is 0.493 e. The molecule has 7 nitrogen and oxygen atoms in total. The second-order valence-electron chi connectivity index (χ2n) is 6.35. The molecule has 0 radical (unpaired) electrons. The zero-order valence-electron chi connectivity index (χ0n) is 16.6. The topological polar surface area (TPSA) is 82.6 Å². The minimum absolute atomic E-state index is 0.0667. The predicted octanol–water partition coefficient (Wildman–Crippen LogP) is 4.17. The van der Waals surface area contributed by atoms with Gasteiger partial charge in [-0.15, -0.1) is 0 Å². The van der Waals surface area contributed by atoms with E-state index in [9.17, 15) is 4.79 Å². The second-order valence-corrected chi connectivity index (χ2v) is 6.35. The van der Waals surface area contributed by atoms with Crippen LogP contribution >= 0.6 is 0 Å². The van der Waals surface area contributed by atoms with Crippen LogP contribution in [0.25, 0.3) is 0 Å².